The smallest absolute Gasteiger partial charge is 0.213 e. The van der Waals surface area contributed by atoms with Gasteiger partial charge in [0.2, 0.25) is 5.89 Å². The summed E-state index contributed by atoms with van der Waals surface area (Å²) in [4.78, 5) is 7.87. The number of aryl methyl sites for hydroxylation is 1. The molecule has 0 atom stereocenters. The second-order valence-electron chi connectivity index (χ2n) is 4.29. The highest BCUT2D eigenvalue weighted by Gasteiger charge is 2.12. The van der Waals surface area contributed by atoms with Crippen LogP contribution in [0.4, 0.5) is 20.4 Å². The highest BCUT2D eigenvalue weighted by molar-refractivity contribution is 5.47. The first-order valence-corrected chi connectivity index (χ1v) is 6.35. The molecule has 0 saturated carbocycles. The van der Waals surface area contributed by atoms with E-state index in [9.17, 15) is 8.78 Å². The molecule has 0 aromatic carbocycles. The van der Waals surface area contributed by atoms with E-state index in [4.69, 9.17) is 4.42 Å². The molecule has 0 bridgehead atoms. The predicted molar refractivity (Wildman–Crippen MR) is 71.5 cm³/mol. The number of hydrogen-bond donors (Lipinski definition) is 2. The van der Waals surface area contributed by atoms with Crippen molar-refractivity contribution in [3.63, 3.8) is 0 Å². The Morgan fingerprint density at radius 2 is 1.90 bits per heavy atom. The van der Waals surface area contributed by atoms with Crippen molar-refractivity contribution in [3.8, 4) is 0 Å². The van der Waals surface area contributed by atoms with Crippen LogP contribution in [-0.2, 0) is 6.54 Å². The molecule has 5 nitrogen and oxygen atoms in total. The SMILES string of the molecule is CCCNc1nc(NCc2ncc(C)o2)c(F)cc1F. The maximum Gasteiger partial charge on any atom is 0.213 e. The van der Waals surface area contributed by atoms with Crippen molar-refractivity contribution in [2.24, 2.45) is 0 Å². The Morgan fingerprint density at radius 1 is 1.20 bits per heavy atom. The summed E-state index contributed by atoms with van der Waals surface area (Å²) in [6.45, 7) is 4.45. The summed E-state index contributed by atoms with van der Waals surface area (Å²) in [5.74, 6) is -0.405. The minimum atomic E-state index is -0.757. The third-order valence-electron chi connectivity index (χ3n) is 2.55. The summed E-state index contributed by atoms with van der Waals surface area (Å²) >= 11 is 0. The number of pyridine rings is 1. The van der Waals surface area contributed by atoms with E-state index >= 15 is 0 Å². The van der Waals surface area contributed by atoms with Crippen LogP contribution in [0.25, 0.3) is 0 Å². The van der Waals surface area contributed by atoms with Gasteiger partial charge in [0.05, 0.1) is 12.7 Å². The average Bonchev–Trinajstić information content (AvgIpc) is 2.82. The fourth-order valence-corrected chi connectivity index (χ4v) is 1.60. The number of halogens is 2. The van der Waals surface area contributed by atoms with E-state index in [0.29, 0.717) is 18.2 Å². The van der Waals surface area contributed by atoms with E-state index < -0.39 is 11.6 Å². The number of oxazole rings is 1. The molecule has 108 valence electrons. The molecule has 0 aliphatic carbocycles. The Hall–Kier alpha value is -2.18. The minimum Gasteiger partial charge on any atom is -0.444 e. The summed E-state index contributed by atoms with van der Waals surface area (Å²) in [6, 6.07) is 0.800. The van der Waals surface area contributed by atoms with Gasteiger partial charge in [0.15, 0.2) is 23.3 Å². The van der Waals surface area contributed by atoms with Gasteiger partial charge in [-0.1, -0.05) is 6.92 Å². The lowest BCUT2D eigenvalue weighted by molar-refractivity contribution is 0.478. The minimum absolute atomic E-state index is 0.0272. The first-order valence-electron chi connectivity index (χ1n) is 6.35. The molecule has 0 saturated heterocycles. The number of nitrogens with one attached hydrogen (secondary N) is 2. The monoisotopic (exact) mass is 282 g/mol. The zero-order valence-electron chi connectivity index (χ0n) is 11.3. The van der Waals surface area contributed by atoms with Gasteiger partial charge in [0.25, 0.3) is 0 Å². The van der Waals surface area contributed by atoms with E-state index in [1.807, 2.05) is 6.92 Å². The fourth-order valence-electron chi connectivity index (χ4n) is 1.60. The molecule has 0 aliphatic heterocycles. The lowest BCUT2D eigenvalue weighted by atomic mass is 10.3. The van der Waals surface area contributed by atoms with Crippen LogP contribution in [0.2, 0.25) is 0 Å². The second kappa shape index (κ2) is 6.31. The molecule has 2 N–H and O–H groups in total. The lowest BCUT2D eigenvalue weighted by Crippen LogP contribution is -2.09. The quantitative estimate of drug-likeness (QED) is 0.852. The average molecular weight is 282 g/mol. The van der Waals surface area contributed by atoms with Gasteiger partial charge in [-0.25, -0.2) is 18.7 Å². The molecule has 7 heteroatoms. The summed E-state index contributed by atoms with van der Waals surface area (Å²) in [6.07, 6.45) is 2.39. The van der Waals surface area contributed by atoms with Crippen molar-refractivity contribution in [2.75, 3.05) is 17.2 Å². The van der Waals surface area contributed by atoms with Crippen LogP contribution in [0.15, 0.2) is 16.7 Å². The van der Waals surface area contributed by atoms with E-state index in [2.05, 4.69) is 20.6 Å². The van der Waals surface area contributed by atoms with Crippen LogP contribution in [0.3, 0.4) is 0 Å². The molecule has 0 aliphatic rings. The highest BCUT2D eigenvalue weighted by atomic mass is 19.1. The molecule has 0 fully saturated rings. The van der Waals surface area contributed by atoms with Crippen LogP contribution < -0.4 is 10.6 Å². The number of aromatic nitrogens is 2. The molecular formula is C13H16F2N4O. The van der Waals surface area contributed by atoms with E-state index in [0.717, 1.165) is 12.5 Å². The lowest BCUT2D eigenvalue weighted by Gasteiger charge is -2.09. The largest absolute Gasteiger partial charge is 0.444 e. The van der Waals surface area contributed by atoms with Gasteiger partial charge in [0, 0.05) is 12.6 Å². The first-order chi connectivity index (χ1) is 9.60. The third kappa shape index (κ3) is 3.43. The van der Waals surface area contributed by atoms with E-state index in [1.165, 1.54) is 0 Å². The standard InChI is InChI=1S/C13H16F2N4O/c1-3-4-16-12-9(14)5-10(15)13(19-12)18-7-11-17-6-8(2)20-11/h5-6H,3-4,7H2,1-2H3,(H2,16,18,19). The predicted octanol–water partition coefficient (Wildman–Crippen LogP) is 3.09. The summed E-state index contributed by atoms with van der Waals surface area (Å²) < 4.78 is 32.4. The molecule has 0 radical (unpaired) electrons. The zero-order valence-corrected chi connectivity index (χ0v) is 11.3. The van der Waals surface area contributed by atoms with Crippen molar-refractivity contribution in [2.45, 2.75) is 26.8 Å². The topological polar surface area (TPSA) is 63.0 Å². The molecule has 2 aromatic heterocycles. The second-order valence-corrected chi connectivity index (χ2v) is 4.29. The Balaban J connectivity index is 2.09. The number of nitrogens with zero attached hydrogens (tertiary/aromatic N) is 2. The van der Waals surface area contributed by atoms with Gasteiger partial charge in [-0.2, -0.15) is 0 Å². The Morgan fingerprint density at radius 3 is 2.50 bits per heavy atom. The van der Waals surface area contributed by atoms with Crippen molar-refractivity contribution < 1.29 is 13.2 Å². The molecule has 2 heterocycles. The Bertz CT molecular complexity index is 586. The van der Waals surface area contributed by atoms with Crippen LogP contribution in [0.5, 0.6) is 0 Å². The summed E-state index contributed by atoms with van der Waals surface area (Å²) in [5.41, 5.74) is 0. The number of rotatable bonds is 6. The van der Waals surface area contributed by atoms with Gasteiger partial charge in [-0.05, 0) is 13.3 Å². The van der Waals surface area contributed by atoms with Gasteiger partial charge in [0.1, 0.15) is 5.76 Å². The number of anilines is 2. The summed E-state index contributed by atoms with van der Waals surface area (Å²) in [5, 5.41) is 5.54. The Labute approximate surface area is 115 Å². The molecule has 20 heavy (non-hydrogen) atoms. The van der Waals surface area contributed by atoms with Crippen molar-refractivity contribution in [1.29, 1.82) is 0 Å². The van der Waals surface area contributed by atoms with Gasteiger partial charge in [-0.3, -0.25) is 0 Å². The van der Waals surface area contributed by atoms with Crippen LogP contribution in [0, 0.1) is 18.6 Å². The maximum atomic E-state index is 13.6. The van der Waals surface area contributed by atoms with E-state index in [-0.39, 0.29) is 18.2 Å². The van der Waals surface area contributed by atoms with Crippen LogP contribution in [-0.4, -0.2) is 16.5 Å². The molecule has 0 unspecified atom stereocenters. The molecule has 2 rings (SSSR count). The first kappa shape index (κ1) is 14.2. The highest BCUT2D eigenvalue weighted by Crippen LogP contribution is 2.19. The normalized spacial score (nSPS) is 10.6. The fraction of sp³-hybridized carbons (Fsp3) is 0.385. The van der Waals surface area contributed by atoms with Gasteiger partial charge in [-0.15, -0.1) is 0 Å². The van der Waals surface area contributed by atoms with Crippen LogP contribution >= 0.6 is 0 Å². The van der Waals surface area contributed by atoms with Crippen LogP contribution in [0.1, 0.15) is 25.0 Å². The molecule has 0 spiro atoms. The molecular weight excluding hydrogens is 266 g/mol. The van der Waals surface area contributed by atoms with Crippen molar-refractivity contribution >= 4 is 11.6 Å². The van der Waals surface area contributed by atoms with Crippen molar-refractivity contribution in [1.82, 2.24) is 9.97 Å². The van der Waals surface area contributed by atoms with Crippen molar-refractivity contribution in [3.05, 3.63) is 35.5 Å². The molecule has 0 amide bonds. The zero-order chi connectivity index (χ0) is 14.5. The number of hydrogen-bond acceptors (Lipinski definition) is 5. The Kier molecular flexibility index (Phi) is 4.49. The third-order valence-corrected chi connectivity index (χ3v) is 2.55. The molecule has 2 aromatic rings. The summed E-state index contributed by atoms with van der Waals surface area (Å²) in [7, 11) is 0. The van der Waals surface area contributed by atoms with Gasteiger partial charge >= 0.3 is 0 Å². The maximum absolute atomic E-state index is 13.6. The van der Waals surface area contributed by atoms with E-state index in [1.54, 1.807) is 13.1 Å². The van der Waals surface area contributed by atoms with Gasteiger partial charge < -0.3 is 15.1 Å².